The summed E-state index contributed by atoms with van der Waals surface area (Å²) in [5.74, 6) is 0.373. The lowest BCUT2D eigenvalue weighted by Crippen LogP contribution is -3.14. The highest BCUT2D eigenvalue weighted by Gasteiger charge is 2.23. The van der Waals surface area contributed by atoms with Crippen molar-refractivity contribution in [2.45, 2.75) is 19.9 Å². The third kappa shape index (κ3) is 5.96. The van der Waals surface area contributed by atoms with Crippen LogP contribution in [0.5, 0.6) is 5.75 Å². The summed E-state index contributed by atoms with van der Waals surface area (Å²) in [7, 11) is 0. The smallest absolute Gasteiger partial charge is 0.258 e. The Morgan fingerprint density at radius 1 is 1.14 bits per heavy atom. The molecule has 0 aromatic heterocycles. The first kappa shape index (κ1) is 20.6. The number of ether oxygens (including phenoxy) is 2. The van der Waals surface area contributed by atoms with Crippen LogP contribution in [0.4, 0.5) is 0 Å². The monoisotopic (exact) mass is 403 g/mol. The van der Waals surface area contributed by atoms with Crippen LogP contribution in [0.15, 0.2) is 42.5 Å². The normalized spacial score (nSPS) is 15.8. The largest absolute Gasteiger partial charge is 0.482 e. The molecule has 1 atom stereocenters. The molecular weight excluding hydrogens is 376 g/mol. The van der Waals surface area contributed by atoms with E-state index in [1.807, 2.05) is 19.1 Å². The Balaban J connectivity index is 1.64. The summed E-state index contributed by atoms with van der Waals surface area (Å²) in [5.41, 5.74) is 3.34. The van der Waals surface area contributed by atoms with Crippen molar-refractivity contribution in [1.82, 2.24) is 5.32 Å². The number of halogens is 1. The minimum absolute atomic E-state index is 0.0655. The van der Waals surface area contributed by atoms with E-state index in [4.69, 9.17) is 21.1 Å². The molecule has 0 saturated carbocycles. The summed E-state index contributed by atoms with van der Waals surface area (Å²) in [6, 6.07) is 13.8. The highest BCUT2D eigenvalue weighted by Crippen LogP contribution is 2.25. The fourth-order valence-corrected chi connectivity index (χ4v) is 3.48. The number of aryl methyl sites for hydroxylation is 2. The van der Waals surface area contributed by atoms with Gasteiger partial charge in [-0.2, -0.15) is 0 Å². The highest BCUT2D eigenvalue weighted by molar-refractivity contribution is 6.32. The van der Waals surface area contributed by atoms with Crippen LogP contribution in [0.2, 0.25) is 5.02 Å². The molecule has 1 aliphatic heterocycles. The molecule has 1 saturated heterocycles. The third-order valence-corrected chi connectivity index (χ3v) is 5.27. The number of hydrogen-bond acceptors (Lipinski definition) is 3. The third-order valence-electron chi connectivity index (χ3n) is 4.95. The summed E-state index contributed by atoms with van der Waals surface area (Å²) in [6.07, 6.45) is 0. The van der Waals surface area contributed by atoms with Crippen molar-refractivity contribution in [2.75, 3.05) is 39.5 Å². The van der Waals surface area contributed by atoms with E-state index in [0.29, 0.717) is 10.8 Å². The molecule has 2 aromatic rings. The molecule has 150 valence electrons. The number of nitrogens with one attached hydrogen (secondary N) is 2. The lowest BCUT2D eigenvalue weighted by molar-refractivity contribution is -0.909. The van der Waals surface area contributed by atoms with Gasteiger partial charge >= 0.3 is 0 Å². The van der Waals surface area contributed by atoms with E-state index in [-0.39, 0.29) is 18.6 Å². The Hall–Kier alpha value is -2.08. The average Bonchev–Trinajstić information content (AvgIpc) is 2.69. The molecule has 1 fully saturated rings. The number of amides is 1. The van der Waals surface area contributed by atoms with Gasteiger partial charge in [0, 0.05) is 0 Å². The first-order valence-electron chi connectivity index (χ1n) is 9.67. The van der Waals surface area contributed by atoms with E-state index in [0.717, 1.165) is 44.0 Å². The number of rotatable bonds is 7. The van der Waals surface area contributed by atoms with Crippen LogP contribution >= 0.6 is 11.6 Å². The van der Waals surface area contributed by atoms with Crippen LogP contribution in [0.1, 0.15) is 22.7 Å². The molecule has 28 heavy (non-hydrogen) atoms. The molecule has 0 radical (unpaired) electrons. The van der Waals surface area contributed by atoms with E-state index in [1.165, 1.54) is 10.5 Å². The van der Waals surface area contributed by atoms with Crippen molar-refractivity contribution < 1.29 is 19.2 Å². The molecule has 0 unspecified atom stereocenters. The van der Waals surface area contributed by atoms with Gasteiger partial charge in [-0.15, -0.1) is 0 Å². The van der Waals surface area contributed by atoms with E-state index in [2.05, 4.69) is 36.5 Å². The van der Waals surface area contributed by atoms with E-state index in [9.17, 15) is 4.79 Å². The molecule has 0 bridgehead atoms. The van der Waals surface area contributed by atoms with Crippen molar-refractivity contribution >= 4 is 17.5 Å². The molecule has 1 aliphatic rings. The summed E-state index contributed by atoms with van der Waals surface area (Å²) < 4.78 is 11.1. The maximum absolute atomic E-state index is 12.6. The van der Waals surface area contributed by atoms with Crippen LogP contribution in [0.3, 0.4) is 0 Å². The lowest BCUT2D eigenvalue weighted by atomic mass is 10.0. The van der Waals surface area contributed by atoms with E-state index >= 15 is 0 Å². The number of morpholine rings is 1. The SMILES string of the molecule is Cc1ccc([C@H](C[NH+]2CCOCC2)NC(=O)COc2cc(C)ccc2Cl)cc1. The number of carbonyl (C=O) groups excluding carboxylic acids is 1. The van der Waals surface area contributed by atoms with E-state index in [1.54, 1.807) is 6.07 Å². The van der Waals surface area contributed by atoms with Crippen molar-refractivity contribution in [1.29, 1.82) is 0 Å². The minimum atomic E-state index is -0.157. The summed E-state index contributed by atoms with van der Waals surface area (Å²) >= 11 is 6.15. The molecule has 1 heterocycles. The predicted molar refractivity (Wildman–Crippen MR) is 110 cm³/mol. The van der Waals surface area contributed by atoms with Gasteiger partial charge < -0.3 is 19.7 Å². The van der Waals surface area contributed by atoms with Crippen LogP contribution in [-0.4, -0.2) is 45.4 Å². The Morgan fingerprint density at radius 2 is 1.82 bits per heavy atom. The summed E-state index contributed by atoms with van der Waals surface area (Å²) in [4.78, 5) is 14.0. The Morgan fingerprint density at radius 3 is 2.54 bits per heavy atom. The molecule has 1 amide bonds. The van der Waals surface area contributed by atoms with Crippen LogP contribution < -0.4 is 15.0 Å². The predicted octanol–water partition coefficient (Wildman–Crippen LogP) is 2.11. The first-order chi connectivity index (χ1) is 13.5. The Labute approximate surface area is 171 Å². The number of quaternary nitrogens is 1. The molecule has 5 nitrogen and oxygen atoms in total. The van der Waals surface area contributed by atoms with Gasteiger partial charge in [0.15, 0.2) is 6.61 Å². The van der Waals surface area contributed by atoms with Gasteiger partial charge in [0.1, 0.15) is 31.4 Å². The van der Waals surface area contributed by atoms with Crippen molar-refractivity contribution in [3.8, 4) is 5.75 Å². The maximum atomic E-state index is 12.6. The average molecular weight is 404 g/mol. The van der Waals surface area contributed by atoms with Crippen LogP contribution in [0, 0.1) is 13.8 Å². The topological polar surface area (TPSA) is 52.0 Å². The second-order valence-electron chi connectivity index (χ2n) is 7.32. The number of hydrogen-bond donors (Lipinski definition) is 2. The Kier molecular flexibility index (Phi) is 7.31. The molecule has 3 rings (SSSR count). The van der Waals surface area contributed by atoms with Gasteiger partial charge in [0.05, 0.1) is 18.2 Å². The molecular formula is C22H28ClN2O3+. The molecule has 2 N–H and O–H groups in total. The van der Waals surface area contributed by atoms with Crippen LogP contribution in [0.25, 0.3) is 0 Å². The molecule has 2 aromatic carbocycles. The van der Waals surface area contributed by atoms with Gasteiger partial charge in [-0.25, -0.2) is 0 Å². The fraction of sp³-hybridized carbons (Fsp3) is 0.409. The number of carbonyl (C=O) groups is 1. The standard InChI is InChI=1S/C22H27ClN2O3/c1-16-3-6-18(7-4-16)20(14-25-9-11-27-12-10-25)24-22(26)15-28-21-13-17(2)5-8-19(21)23/h3-8,13,20H,9-12,14-15H2,1-2H3,(H,24,26)/p+1/t20-/m0/s1. The zero-order valence-electron chi connectivity index (χ0n) is 16.5. The quantitative estimate of drug-likeness (QED) is 0.744. The maximum Gasteiger partial charge on any atom is 0.258 e. The van der Waals surface area contributed by atoms with Crippen LogP contribution in [-0.2, 0) is 9.53 Å². The summed E-state index contributed by atoms with van der Waals surface area (Å²) in [5, 5.41) is 3.64. The van der Waals surface area contributed by atoms with Gasteiger partial charge in [-0.3, -0.25) is 4.79 Å². The van der Waals surface area contributed by atoms with Crippen molar-refractivity contribution in [3.63, 3.8) is 0 Å². The van der Waals surface area contributed by atoms with Crippen molar-refractivity contribution in [3.05, 3.63) is 64.2 Å². The zero-order chi connectivity index (χ0) is 19.9. The molecule has 0 spiro atoms. The van der Waals surface area contributed by atoms with Crippen molar-refractivity contribution in [2.24, 2.45) is 0 Å². The first-order valence-corrected chi connectivity index (χ1v) is 10.1. The Bertz CT molecular complexity index is 789. The fourth-order valence-electron chi connectivity index (χ4n) is 3.30. The molecule has 6 heteroatoms. The number of benzene rings is 2. The molecule has 0 aliphatic carbocycles. The second-order valence-corrected chi connectivity index (χ2v) is 7.73. The van der Waals surface area contributed by atoms with Gasteiger partial charge in [0.25, 0.3) is 5.91 Å². The van der Waals surface area contributed by atoms with Gasteiger partial charge in [-0.1, -0.05) is 47.5 Å². The zero-order valence-corrected chi connectivity index (χ0v) is 17.2. The second kappa shape index (κ2) is 9.92. The van der Waals surface area contributed by atoms with E-state index < -0.39 is 0 Å². The summed E-state index contributed by atoms with van der Waals surface area (Å²) in [6.45, 7) is 8.21. The minimum Gasteiger partial charge on any atom is -0.482 e. The lowest BCUT2D eigenvalue weighted by Gasteiger charge is -2.28. The highest BCUT2D eigenvalue weighted by atomic mass is 35.5. The van der Waals surface area contributed by atoms with Gasteiger partial charge in [0.2, 0.25) is 0 Å². The van der Waals surface area contributed by atoms with Gasteiger partial charge in [-0.05, 0) is 37.1 Å².